The minimum absolute atomic E-state index is 0.0142. The van der Waals surface area contributed by atoms with E-state index in [0.29, 0.717) is 31.7 Å². The van der Waals surface area contributed by atoms with Crippen molar-refractivity contribution in [3.05, 3.63) is 98.5 Å². The molecule has 0 bridgehead atoms. The van der Waals surface area contributed by atoms with Gasteiger partial charge in [0.05, 0.1) is 21.7 Å². The molecule has 7 nitrogen and oxygen atoms in total. The second-order valence-electron chi connectivity index (χ2n) is 9.57. The Morgan fingerprint density at radius 2 is 1.68 bits per heavy atom. The third-order valence-electron chi connectivity index (χ3n) is 7.06. The number of unbranched alkanes of at least 4 members (excludes halogenated alkanes) is 1. The SMILES string of the molecule is CCCCc1ccc(-c2cc(C(=O)N3CCN(c4ccc([N+](=O)[O-])cc4)CC3)c3cc(Br)ccc3n2)cc1. The first kappa shape index (κ1) is 25.9. The number of amides is 1. The van der Waals surface area contributed by atoms with Gasteiger partial charge < -0.3 is 9.80 Å². The summed E-state index contributed by atoms with van der Waals surface area (Å²) in [5, 5.41) is 11.8. The fourth-order valence-corrected chi connectivity index (χ4v) is 5.23. The van der Waals surface area contributed by atoms with Crippen LogP contribution in [0, 0.1) is 10.1 Å². The highest BCUT2D eigenvalue weighted by molar-refractivity contribution is 9.10. The van der Waals surface area contributed by atoms with Crippen molar-refractivity contribution in [3.63, 3.8) is 0 Å². The Kier molecular flexibility index (Phi) is 7.69. The van der Waals surface area contributed by atoms with Gasteiger partial charge in [0.25, 0.3) is 11.6 Å². The molecular weight excluding hydrogens is 544 g/mol. The first-order valence-corrected chi connectivity index (χ1v) is 13.7. The predicted octanol–water partition coefficient (Wildman–Crippen LogP) is 6.88. The molecule has 1 fully saturated rings. The number of carbonyl (C=O) groups excluding carboxylic acids is 1. The average Bonchev–Trinajstić information content (AvgIpc) is 2.95. The lowest BCUT2D eigenvalue weighted by atomic mass is 10.0. The first-order valence-electron chi connectivity index (χ1n) is 12.9. The van der Waals surface area contributed by atoms with Crippen molar-refractivity contribution in [2.75, 3.05) is 31.1 Å². The highest BCUT2D eigenvalue weighted by Gasteiger charge is 2.25. The molecule has 38 heavy (non-hydrogen) atoms. The Balaban J connectivity index is 1.39. The summed E-state index contributed by atoms with van der Waals surface area (Å²) in [6.45, 7) is 4.63. The standard InChI is InChI=1S/C30H29BrN4O3/c1-2-3-4-21-5-7-22(8-6-21)29-20-27(26-19-23(31)9-14-28(26)32-29)30(36)34-17-15-33(16-18-34)24-10-12-25(13-11-24)35(37)38/h5-14,19-20H,2-4,15-18H2,1H3. The van der Waals surface area contributed by atoms with Crippen molar-refractivity contribution < 1.29 is 9.72 Å². The molecule has 0 atom stereocenters. The van der Waals surface area contributed by atoms with E-state index >= 15 is 0 Å². The maximum atomic E-state index is 13.8. The molecule has 1 amide bonds. The van der Waals surface area contributed by atoms with Crippen LogP contribution in [0.15, 0.2) is 77.3 Å². The largest absolute Gasteiger partial charge is 0.368 e. The zero-order valence-corrected chi connectivity index (χ0v) is 22.9. The fraction of sp³-hybridized carbons (Fsp3) is 0.267. The number of piperazine rings is 1. The quantitative estimate of drug-likeness (QED) is 0.178. The smallest absolute Gasteiger partial charge is 0.269 e. The number of rotatable bonds is 7. The van der Waals surface area contributed by atoms with Crippen LogP contribution >= 0.6 is 15.9 Å². The lowest BCUT2D eigenvalue weighted by molar-refractivity contribution is -0.384. The molecule has 0 unspecified atom stereocenters. The minimum atomic E-state index is -0.396. The van der Waals surface area contributed by atoms with Gasteiger partial charge in [0.1, 0.15) is 0 Å². The molecule has 8 heteroatoms. The lowest BCUT2D eigenvalue weighted by Crippen LogP contribution is -2.48. The fourth-order valence-electron chi connectivity index (χ4n) is 4.87. The van der Waals surface area contributed by atoms with Crippen molar-refractivity contribution >= 4 is 44.1 Å². The van der Waals surface area contributed by atoms with Gasteiger partial charge in [-0.3, -0.25) is 14.9 Å². The Morgan fingerprint density at radius 1 is 0.974 bits per heavy atom. The second-order valence-corrected chi connectivity index (χ2v) is 10.5. The van der Waals surface area contributed by atoms with Gasteiger partial charge in [-0.25, -0.2) is 4.98 Å². The van der Waals surface area contributed by atoms with Crippen LogP contribution in [0.1, 0.15) is 35.7 Å². The third kappa shape index (κ3) is 5.55. The average molecular weight is 573 g/mol. The molecule has 1 saturated heterocycles. The van der Waals surface area contributed by atoms with E-state index in [1.165, 1.54) is 24.1 Å². The van der Waals surface area contributed by atoms with E-state index in [1.807, 2.05) is 29.2 Å². The van der Waals surface area contributed by atoms with Gasteiger partial charge in [-0.15, -0.1) is 0 Å². The number of non-ortho nitro benzene ring substituents is 1. The number of benzene rings is 3. The molecule has 0 radical (unpaired) electrons. The summed E-state index contributed by atoms with van der Waals surface area (Å²) in [5.41, 5.74) is 5.51. The molecule has 1 aromatic heterocycles. The van der Waals surface area contributed by atoms with E-state index < -0.39 is 4.92 Å². The molecule has 194 valence electrons. The van der Waals surface area contributed by atoms with E-state index in [9.17, 15) is 14.9 Å². The van der Waals surface area contributed by atoms with Crippen molar-refractivity contribution in [3.8, 4) is 11.3 Å². The number of hydrogen-bond donors (Lipinski definition) is 0. The molecule has 4 aromatic rings. The van der Waals surface area contributed by atoms with E-state index in [4.69, 9.17) is 4.98 Å². The highest BCUT2D eigenvalue weighted by atomic mass is 79.9. The van der Waals surface area contributed by atoms with Gasteiger partial charge in [-0.05, 0) is 54.8 Å². The maximum absolute atomic E-state index is 13.8. The number of pyridine rings is 1. The molecule has 1 aliphatic rings. The number of carbonyl (C=O) groups is 1. The summed E-state index contributed by atoms with van der Waals surface area (Å²) in [6.07, 6.45) is 3.39. The predicted molar refractivity (Wildman–Crippen MR) is 155 cm³/mol. The number of halogens is 1. The van der Waals surface area contributed by atoms with Crippen molar-refractivity contribution in [2.45, 2.75) is 26.2 Å². The summed E-state index contributed by atoms with van der Waals surface area (Å²) < 4.78 is 0.900. The molecule has 0 spiro atoms. The second kappa shape index (κ2) is 11.3. The molecule has 0 saturated carbocycles. The normalized spacial score (nSPS) is 13.6. The molecule has 0 aliphatic carbocycles. The van der Waals surface area contributed by atoms with E-state index in [2.05, 4.69) is 52.0 Å². The molecule has 2 heterocycles. The van der Waals surface area contributed by atoms with Gasteiger partial charge in [-0.2, -0.15) is 0 Å². The van der Waals surface area contributed by atoms with Crippen LogP contribution in [0.5, 0.6) is 0 Å². The first-order chi connectivity index (χ1) is 18.4. The Bertz CT molecular complexity index is 1460. The monoisotopic (exact) mass is 572 g/mol. The van der Waals surface area contributed by atoms with E-state index in [-0.39, 0.29) is 11.6 Å². The van der Waals surface area contributed by atoms with Gasteiger partial charge in [0, 0.05) is 59.4 Å². The molecule has 3 aromatic carbocycles. The number of aryl methyl sites for hydroxylation is 1. The van der Waals surface area contributed by atoms with Crippen LogP contribution in [-0.2, 0) is 6.42 Å². The van der Waals surface area contributed by atoms with Gasteiger partial charge in [0.2, 0.25) is 0 Å². The Morgan fingerprint density at radius 3 is 2.34 bits per heavy atom. The number of fused-ring (bicyclic) bond motifs is 1. The summed E-state index contributed by atoms with van der Waals surface area (Å²) in [4.78, 5) is 33.3. The van der Waals surface area contributed by atoms with E-state index in [0.717, 1.165) is 45.2 Å². The summed E-state index contributed by atoms with van der Waals surface area (Å²) in [6, 6.07) is 22.8. The third-order valence-corrected chi connectivity index (χ3v) is 7.56. The number of anilines is 1. The van der Waals surface area contributed by atoms with Gasteiger partial charge >= 0.3 is 0 Å². The molecule has 0 N–H and O–H groups in total. The maximum Gasteiger partial charge on any atom is 0.269 e. The number of nitro benzene ring substituents is 1. The van der Waals surface area contributed by atoms with Gasteiger partial charge in [0.15, 0.2) is 0 Å². The summed E-state index contributed by atoms with van der Waals surface area (Å²) in [7, 11) is 0. The summed E-state index contributed by atoms with van der Waals surface area (Å²) >= 11 is 3.55. The molecule has 5 rings (SSSR count). The number of nitro groups is 1. The van der Waals surface area contributed by atoms with E-state index in [1.54, 1.807) is 12.1 Å². The van der Waals surface area contributed by atoms with Gasteiger partial charge in [-0.1, -0.05) is 53.5 Å². The number of nitrogens with zero attached hydrogens (tertiary/aromatic N) is 4. The minimum Gasteiger partial charge on any atom is -0.368 e. The van der Waals surface area contributed by atoms with Crippen LogP contribution in [0.3, 0.4) is 0 Å². The number of aromatic nitrogens is 1. The van der Waals surface area contributed by atoms with Crippen LogP contribution in [0.4, 0.5) is 11.4 Å². The van der Waals surface area contributed by atoms with Crippen LogP contribution in [0.2, 0.25) is 0 Å². The highest BCUT2D eigenvalue weighted by Crippen LogP contribution is 2.29. The molecule has 1 aliphatic heterocycles. The van der Waals surface area contributed by atoms with Crippen molar-refractivity contribution in [1.82, 2.24) is 9.88 Å². The topological polar surface area (TPSA) is 79.6 Å². The van der Waals surface area contributed by atoms with Crippen molar-refractivity contribution in [1.29, 1.82) is 0 Å². The van der Waals surface area contributed by atoms with Crippen LogP contribution < -0.4 is 4.90 Å². The summed E-state index contributed by atoms with van der Waals surface area (Å²) in [5.74, 6) is -0.0142. The zero-order chi connectivity index (χ0) is 26.6. The van der Waals surface area contributed by atoms with Crippen LogP contribution in [-0.4, -0.2) is 46.9 Å². The molecular formula is C30H29BrN4O3. The van der Waals surface area contributed by atoms with Crippen molar-refractivity contribution in [2.24, 2.45) is 0 Å². The van der Waals surface area contributed by atoms with Crippen LogP contribution in [0.25, 0.3) is 22.2 Å². The zero-order valence-electron chi connectivity index (χ0n) is 21.3. The Hall–Kier alpha value is -3.78. The Labute approximate surface area is 230 Å². The lowest BCUT2D eigenvalue weighted by Gasteiger charge is -2.36. The number of hydrogen-bond acceptors (Lipinski definition) is 5.